The van der Waals surface area contributed by atoms with Crippen LogP contribution in [0.4, 0.5) is 0 Å². The highest BCUT2D eigenvalue weighted by Gasteiger charge is 2.41. The average molecular weight is 430 g/mol. The molecule has 170 valence electrons. The predicted octanol–water partition coefficient (Wildman–Crippen LogP) is 2.62. The summed E-state index contributed by atoms with van der Waals surface area (Å²) in [7, 11) is 0. The Kier molecular flexibility index (Phi) is 8.09. The van der Waals surface area contributed by atoms with Crippen LogP contribution in [0.2, 0.25) is 0 Å². The zero-order chi connectivity index (χ0) is 22.4. The topological polar surface area (TPSA) is 62.3 Å². The molecular formula is C24H35N3O4. The number of piperazine rings is 1. The Balaban J connectivity index is 1.88. The Hall–Kier alpha value is -2.38. The van der Waals surface area contributed by atoms with Gasteiger partial charge in [-0.2, -0.15) is 0 Å². The Bertz CT molecular complexity index is 796. The largest absolute Gasteiger partial charge is 0.491 e. The van der Waals surface area contributed by atoms with Crippen molar-refractivity contribution in [2.45, 2.75) is 40.2 Å². The summed E-state index contributed by atoms with van der Waals surface area (Å²) in [5.74, 6) is 0.346. The molecule has 7 heteroatoms. The molecule has 2 aliphatic heterocycles. The third kappa shape index (κ3) is 5.46. The standard InChI is InChI=1S/C24H35N3O4/c1-5-25-13-15-26(16-14-25)22-21(19-8-10-20(11-9-19)31-18(3)4)23(28)27(24(22)29)12-7-17-30-6-2/h8-11,18H,5-7,12-17H2,1-4H3. The van der Waals surface area contributed by atoms with Crippen LogP contribution in [-0.4, -0.2) is 85.1 Å². The molecule has 0 aromatic heterocycles. The second-order valence-electron chi connectivity index (χ2n) is 8.15. The number of carbonyl (C=O) groups is 2. The van der Waals surface area contributed by atoms with E-state index < -0.39 is 0 Å². The minimum atomic E-state index is -0.216. The summed E-state index contributed by atoms with van der Waals surface area (Å²) in [5, 5.41) is 0. The molecule has 0 N–H and O–H groups in total. The second kappa shape index (κ2) is 10.8. The third-order valence-corrected chi connectivity index (χ3v) is 5.67. The van der Waals surface area contributed by atoms with Crippen molar-refractivity contribution in [3.63, 3.8) is 0 Å². The van der Waals surface area contributed by atoms with Crippen LogP contribution >= 0.6 is 0 Å². The monoisotopic (exact) mass is 429 g/mol. The van der Waals surface area contributed by atoms with Gasteiger partial charge in [0.15, 0.2) is 0 Å². The fourth-order valence-electron chi connectivity index (χ4n) is 4.05. The molecule has 31 heavy (non-hydrogen) atoms. The van der Waals surface area contributed by atoms with E-state index in [9.17, 15) is 9.59 Å². The van der Waals surface area contributed by atoms with Crippen LogP contribution in [0.15, 0.2) is 30.0 Å². The van der Waals surface area contributed by atoms with Crippen molar-refractivity contribution in [2.24, 2.45) is 0 Å². The first kappa shape index (κ1) is 23.3. The van der Waals surface area contributed by atoms with E-state index in [0.717, 1.165) is 44.0 Å². The number of amides is 2. The van der Waals surface area contributed by atoms with Crippen LogP contribution in [0.1, 0.15) is 39.7 Å². The van der Waals surface area contributed by atoms with E-state index in [0.29, 0.717) is 37.4 Å². The lowest BCUT2D eigenvalue weighted by Gasteiger charge is -2.36. The van der Waals surface area contributed by atoms with Crippen molar-refractivity contribution in [3.05, 3.63) is 35.5 Å². The Morgan fingerprint density at radius 3 is 2.23 bits per heavy atom. The summed E-state index contributed by atoms with van der Waals surface area (Å²) < 4.78 is 11.1. The van der Waals surface area contributed by atoms with E-state index in [-0.39, 0.29) is 17.9 Å². The zero-order valence-corrected chi connectivity index (χ0v) is 19.2. The summed E-state index contributed by atoms with van der Waals surface area (Å²) in [5.41, 5.74) is 1.80. The van der Waals surface area contributed by atoms with Gasteiger partial charge < -0.3 is 19.3 Å². The summed E-state index contributed by atoms with van der Waals surface area (Å²) >= 11 is 0. The molecule has 3 rings (SSSR count). The summed E-state index contributed by atoms with van der Waals surface area (Å²) in [4.78, 5) is 32.5. The van der Waals surface area contributed by atoms with Gasteiger partial charge in [-0.15, -0.1) is 0 Å². The molecule has 2 aliphatic rings. The van der Waals surface area contributed by atoms with Crippen molar-refractivity contribution in [2.75, 3.05) is 52.5 Å². The summed E-state index contributed by atoms with van der Waals surface area (Å²) in [6.07, 6.45) is 0.711. The molecule has 0 saturated carbocycles. The van der Waals surface area contributed by atoms with Gasteiger partial charge in [0.25, 0.3) is 11.8 Å². The van der Waals surface area contributed by atoms with E-state index in [1.807, 2.05) is 45.0 Å². The van der Waals surface area contributed by atoms with Gasteiger partial charge in [-0.05, 0) is 51.4 Å². The van der Waals surface area contributed by atoms with Crippen LogP contribution in [-0.2, 0) is 14.3 Å². The van der Waals surface area contributed by atoms with Crippen molar-refractivity contribution in [1.82, 2.24) is 14.7 Å². The number of likely N-dealkylation sites (N-methyl/N-ethyl adjacent to an activating group) is 1. The minimum Gasteiger partial charge on any atom is -0.491 e. The first-order valence-corrected chi connectivity index (χ1v) is 11.4. The van der Waals surface area contributed by atoms with E-state index in [2.05, 4.69) is 16.7 Å². The predicted molar refractivity (Wildman–Crippen MR) is 121 cm³/mol. The highest BCUT2D eigenvalue weighted by atomic mass is 16.5. The van der Waals surface area contributed by atoms with Gasteiger partial charge in [-0.25, -0.2) is 0 Å². The number of carbonyl (C=O) groups excluding carboxylic acids is 2. The van der Waals surface area contributed by atoms with Gasteiger partial charge in [-0.3, -0.25) is 14.5 Å². The lowest BCUT2D eigenvalue weighted by atomic mass is 10.0. The van der Waals surface area contributed by atoms with Crippen LogP contribution in [0, 0.1) is 0 Å². The van der Waals surface area contributed by atoms with Crippen molar-refractivity contribution in [1.29, 1.82) is 0 Å². The number of nitrogens with zero attached hydrogens (tertiary/aromatic N) is 3. The number of ether oxygens (including phenoxy) is 2. The molecule has 0 bridgehead atoms. The molecule has 0 unspecified atom stereocenters. The Labute approximate surface area is 185 Å². The maximum absolute atomic E-state index is 13.4. The van der Waals surface area contributed by atoms with E-state index >= 15 is 0 Å². The fraction of sp³-hybridized carbons (Fsp3) is 0.583. The number of imide groups is 1. The fourth-order valence-corrected chi connectivity index (χ4v) is 4.05. The third-order valence-electron chi connectivity index (χ3n) is 5.67. The van der Waals surface area contributed by atoms with Gasteiger partial charge in [0.1, 0.15) is 11.4 Å². The molecule has 1 aromatic rings. The molecule has 2 amide bonds. The van der Waals surface area contributed by atoms with Gasteiger partial charge >= 0.3 is 0 Å². The molecule has 1 aromatic carbocycles. The molecule has 1 fully saturated rings. The number of hydrogen-bond acceptors (Lipinski definition) is 6. The Morgan fingerprint density at radius 1 is 0.968 bits per heavy atom. The van der Waals surface area contributed by atoms with Gasteiger partial charge in [-0.1, -0.05) is 19.1 Å². The lowest BCUT2D eigenvalue weighted by Crippen LogP contribution is -2.47. The quantitative estimate of drug-likeness (QED) is 0.421. The maximum atomic E-state index is 13.4. The van der Waals surface area contributed by atoms with Crippen molar-refractivity contribution in [3.8, 4) is 5.75 Å². The van der Waals surface area contributed by atoms with Crippen molar-refractivity contribution >= 4 is 17.4 Å². The van der Waals surface area contributed by atoms with Crippen molar-refractivity contribution < 1.29 is 19.1 Å². The smallest absolute Gasteiger partial charge is 0.277 e. The first-order chi connectivity index (χ1) is 15.0. The number of rotatable bonds is 10. The molecular weight excluding hydrogens is 394 g/mol. The van der Waals surface area contributed by atoms with Crippen LogP contribution in [0.25, 0.3) is 5.57 Å². The lowest BCUT2D eigenvalue weighted by molar-refractivity contribution is -0.137. The highest BCUT2D eigenvalue weighted by molar-refractivity contribution is 6.35. The zero-order valence-electron chi connectivity index (χ0n) is 19.2. The Morgan fingerprint density at radius 2 is 1.65 bits per heavy atom. The van der Waals surface area contributed by atoms with Gasteiger partial charge in [0, 0.05) is 45.9 Å². The van der Waals surface area contributed by atoms with Crippen LogP contribution in [0.3, 0.4) is 0 Å². The molecule has 1 saturated heterocycles. The second-order valence-corrected chi connectivity index (χ2v) is 8.15. The summed E-state index contributed by atoms with van der Waals surface area (Å²) in [6, 6.07) is 7.49. The van der Waals surface area contributed by atoms with Crippen LogP contribution in [0.5, 0.6) is 5.75 Å². The van der Waals surface area contributed by atoms with Gasteiger partial charge in [0.05, 0.1) is 11.7 Å². The number of hydrogen-bond donors (Lipinski definition) is 0. The normalized spacial score (nSPS) is 18.0. The molecule has 7 nitrogen and oxygen atoms in total. The maximum Gasteiger partial charge on any atom is 0.277 e. The summed E-state index contributed by atoms with van der Waals surface area (Å²) in [6.45, 7) is 13.8. The molecule has 0 aliphatic carbocycles. The first-order valence-electron chi connectivity index (χ1n) is 11.4. The van der Waals surface area contributed by atoms with Crippen LogP contribution < -0.4 is 4.74 Å². The molecule has 2 heterocycles. The molecule has 0 atom stereocenters. The minimum absolute atomic E-state index is 0.0750. The molecule has 0 radical (unpaired) electrons. The van der Waals surface area contributed by atoms with Gasteiger partial charge in [0.2, 0.25) is 0 Å². The average Bonchev–Trinajstić information content (AvgIpc) is 3.01. The van der Waals surface area contributed by atoms with E-state index in [1.165, 1.54) is 4.90 Å². The number of benzene rings is 1. The SMILES string of the molecule is CCOCCCN1C(=O)C(c2ccc(OC(C)C)cc2)=C(N2CCN(CC)CC2)C1=O. The highest BCUT2D eigenvalue weighted by Crippen LogP contribution is 2.33. The van der Waals surface area contributed by atoms with E-state index in [4.69, 9.17) is 9.47 Å². The molecule has 0 spiro atoms. The van der Waals surface area contributed by atoms with E-state index in [1.54, 1.807) is 0 Å².